The Kier molecular flexibility index (Phi) is 4.23. The smallest absolute Gasteiger partial charge is 0.181 e. The van der Waals surface area contributed by atoms with E-state index in [0.717, 1.165) is 0 Å². The summed E-state index contributed by atoms with van der Waals surface area (Å²) in [5.74, 6) is -0.342. The van der Waals surface area contributed by atoms with Crippen LogP contribution in [0.1, 0.15) is 23.2 Å². The molecule has 0 spiro atoms. The van der Waals surface area contributed by atoms with Crippen molar-refractivity contribution in [2.24, 2.45) is 0 Å². The summed E-state index contributed by atoms with van der Waals surface area (Å²) in [5.41, 5.74) is 0.500. The topological polar surface area (TPSA) is 39.1 Å². The Morgan fingerprint density at radius 3 is 2.32 bits per heavy atom. The first-order valence-electron chi connectivity index (χ1n) is 6.10. The molecule has 0 N–H and O–H groups in total. The van der Waals surface area contributed by atoms with Gasteiger partial charge in [-0.25, -0.2) is 4.39 Å². The monoisotopic (exact) mass is 259 g/mol. The van der Waals surface area contributed by atoms with Crippen LogP contribution < -0.4 is 5.43 Å². The molecule has 0 radical (unpaired) electrons. The van der Waals surface area contributed by atoms with Gasteiger partial charge in [-0.05, 0) is 30.7 Å². The molecule has 4 heteroatoms. The van der Waals surface area contributed by atoms with Gasteiger partial charge in [0.2, 0.25) is 0 Å². The Morgan fingerprint density at radius 1 is 1.05 bits per heavy atom. The molecule has 2 rings (SSSR count). The molecule has 2 aromatic rings. The second kappa shape index (κ2) is 6.09. The van der Waals surface area contributed by atoms with Gasteiger partial charge in [0.15, 0.2) is 11.2 Å². The molecular formula is C15H14FNO2. The molecule has 1 heterocycles. The number of halogens is 1. The van der Waals surface area contributed by atoms with E-state index >= 15 is 0 Å². The third-order valence-corrected chi connectivity index (χ3v) is 2.85. The fraction of sp³-hybridized carbons (Fsp3) is 0.200. The van der Waals surface area contributed by atoms with E-state index in [-0.39, 0.29) is 17.0 Å². The number of rotatable bonds is 5. The standard InChI is InChI=1S/C15H14FNO2/c16-13-5-3-12(4-6-13)15(19)2-1-9-17-10-7-14(18)8-11-17/h3-8,10-11H,1-2,9H2. The van der Waals surface area contributed by atoms with Crippen LogP contribution in [0.15, 0.2) is 53.6 Å². The third kappa shape index (κ3) is 3.88. The molecule has 3 nitrogen and oxygen atoms in total. The van der Waals surface area contributed by atoms with Crippen molar-refractivity contribution in [1.29, 1.82) is 0 Å². The van der Waals surface area contributed by atoms with Crippen molar-refractivity contribution in [3.05, 3.63) is 70.4 Å². The predicted octanol–water partition coefficient (Wildman–Crippen LogP) is 2.65. The normalized spacial score (nSPS) is 10.4. The maximum Gasteiger partial charge on any atom is 0.181 e. The van der Waals surface area contributed by atoms with Gasteiger partial charge in [-0.3, -0.25) is 9.59 Å². The zero-order valence-electron chi connectivity index (χ0n) is 10.4. The number of pyridine rings is 1. The van der Waals surface area contributed by atoms with Gasteiger partial charge in [0.25, 0.3) is 0 Å². The molecule has 0 atom stereocenters. The number of ketones is 1. The van der Waals surface area contributed by atoms with Crippen LogP contribution >= 0.6 is 0 Å². The fourth-order valence-corrected chi connectivity index (χ4v) is 1.80. The zero-order valence-corrected chi connectivity index (χ0v) is 10.4. The van der Waals surface area contributed by atoms with E-state index < -0.39 is 0 Å². The Hall–Kier alpha value is -2.23. The Balaban J connectivity index is 1.85. The summed E-state index contributed by atoms with van der Waals surface area (Å²) in [4.78, 5) is 22.7. The summed E-state index contributed by atoms with van der Waals surface area (Å²) < 4.78 is 14.6. The lowest BCUT2D eigenvalue weighted by molar-refractivity contribution is 0.0978. The molecule has 0 aliphatic rings. The number of benzene rings is 1. The average molecular weight is 259 g/mol. The van der Waals surface area contributed by atoms with Crippen molar-refractivity contribution in [1.82, 2.24) is 4.57 Å². The first kappa shape index (κ1) is 13.2. The summed E-state index contributed by atoms with van der Waals surface area (Å²) >= 11 is 0. The highest BCUT2D eigenvalue weighted by Crippen LogP contribution is 2.08. The predicted molar refractivity (Wildman–Crippen MR) is 70.7 cm³/mol. The van der Waals surface area contributed by atoms with Crippen LogP contribution in [0.4, 0.5) is 4.39 Å². The summed E-state index contributed by atoms with van der Waals surface area (Å²) in [6, 6.07) is 8.54. The minimum Gasteiger partial charge on any atom is -0.354 e. The molecule has 0 bridgehead atoms. The van der Waals surface area contributed by atoms with Crippen LogP contribution in [0, 0.1) is 5.82 Å². The molecule has 0 aliphatic carbocycles. The Bertz CT molecular complexity index is 596. The SMILES string of the molecule is O=C(CCCn1ccc(=O)cc1)c1ccc(F)cc1. The largest absolute Gasteiger partial charge is 0.354 e. The van der Waals surface area contributed by atoms with Gasteiger partial charge in [0.1, 0.15) is 5.82 Å². The van der Waals surface area contributed by atoms with E-state index in [1.165, 1.54) is 36.4 Å². The number of carbonyl (C=O) groups is 1. The van der Waals surface area contributed by atoms with Gasteiger partial charge < -0.3 is 4.57 Å². The number of hydrogen-bond donors (Lipinski definition) is 0. The number of hydrogen-bond acceptors (Lipinski definition) is 2. The van der Waals surface area contributed by atoms with Crippen molar-refractivity contribution in [2.45, 2.75) is 19.4 Å². The number of carbonyl (C=O) groups excluding carboxylic acids is 1. The van der Waals surface area contributed by atoms with Crippen molar-refractivity contribution >= 4 is 5.78 Å². The molecule has 98 valence electrons. The highest BCUT2D eigenvalue weighted by Gasteiger charge is 2.05. The number of Topliss-reactive ketones (excluding diaryl/α,β-unsaturated/α-hetero) is 1. The summed E-state index contributed by atoms with van der Waals surface area (Å²) in [7, 11) is 0. The minimum absolute atomic E-state index is 0.000968. The van der Waals surface area contributed by atoms with Gasteiger partial charge in [0.05, 0.1) is 0 Å². The third-order valence-electron chi connectivity index (χ3n) is 2.85. The van der Waals surface area contributed by atoms with Gasteiger partial charge in [-0.15, -0.1) is 0 Å². The van der Waals surface area contributed by atoms with Crippen LogP contribution in [0.25, 0.3) is 0 Å². The van der Waals surface area contributed by atoms with Crippen molar-refractivity contribution in [3.63, 3.8) is 0 Å². The molecular weight excluding hydrogens is 245 g/mol. The molecule has 0 saturated carbocycles. The number of aromatic nitrogens is 1. The van der Waals surface area contributed by atoms with Crippen LogP contribution in [0.3, 0.4) is 0 Å². The highest BCUT2D eigenvalue weighted by molar-refractivity contribution is 5.95. The second-order valence-electron chi connectivity index (χ2n) is 4.31. The number of nitrogens with zero attached hydrogens (tertiary/aromatic N) is 1. The van der Waals surface area contributed by atoms with Crippen LogP contribution in [-0.4, -0.2) is 10.4 Å². The molecule has 0 saturated heterocycles. The van der Waals surface area contributed by atoms with Crippen molar-refractivity contribution in [3.8, 4) is 0 Å². The van der Waals surface area contributed by atoms with E-state index in [0.29, 0.717) is 24.9 Å². The quantitative estimate of drug-likeness (QED) is 0.774. The lowest BCUT2D eigenvalue weighted by atomic mass is 10.1. The Morgan fingerprint density at radius 2 is 1.68 bits per heavy atom. The average Bonchev–Trinajstić information content (AvgIpc) is 2.41. The second-order valence-corrected chi connectivity index (χ2v) is 4.31. The highest BCUT2D eigenvalue weighted by atomic mass is 19.1. The Labute approximate surface area is 110 Å². The molecule has 0 fully saturated rings. The lowest BCUT2D eigenvalue weighted by Crippen LogP contribution is -2.06. The first-order valence-corrected chi connectivity index (χ1v) is 6.10. The van der Waals surface area contributed by atoms with Crippen LogP contribution in [-0.2, 0) is 6.54 Å². The van der Waals surface area contributed by atoms with E-state index in [1.54, 1.807) is 12.4 Å². The molecule has 1 aromatic carbocycles. The first-order chi connectivity index (χ1) is 9.15. The van der Waals surface area contributed by atoms with E-state index in [2.05, 4.69) is 0 Å². The van der Waals surface area contributed by atoms with Crippen LogP contribution in [0.5, 0.6) is 0 Å². The van der Waals surface area contributed by atoms with Crippen LogP contribution in [0.2, 0.25) is 0 Å². The zero-order chi connectivity index (χ0) is 13.7. The van der Waals surface area contributed by atoms with Gasteiger partial charge in [-0.1, -0.05) is 0 Å². The maximum absolute atomic E-state index is 12.7. The molecule has 19 heavy (non-hydrogen) atoms. The summed E-state index contributed by atoms with van der Waals surface area (Å²) in [6.45, 7) is 0.674. The van der Waals surface area contributed by atoms with Gasteiger partial charge >= 0.3 is 0 Å². The molecule has 0 unspecified atom stereocenters. The van der Waals surface area contributed by atoms with E-state index in [1.807, 2.05) is 4.57 Å². The van der Waals surface area contributed by atoms with Gasteiger partial charge in [0, 0.05) is 43.1 Å². The minimum atomic E-state index is -0.343. The molecule has 0 aliphatic heterocycles. The maximum atomic E-state index is 12.7. The van der Waals surface area contributed by atoms with E-state index in [4.69, 9.17) is 0 Å². The van der Waals surface area contributed by atoms with Crippen molar-refractivity contribution in [2.75, 3.05) is 0 Å². The lowest BCUT2D eigenvalue weighted by Gasteiger charge is -2.05. The van der Waals surface area contributed by atoms with Gasteiger partial charge in [-0.2, -0.15) is 0 Å². The van der Waals surface area contributed by atoms with Crippen molar-refractivity contribution < 1.29 is 9.18 Å². The summed E-state index contributed by atoms with van der Waals surface area (Å²) in [5, 5.41) is 0. The molecule has 1 aromatic heterocycles. The summed E-state index contributed by atoms with van der Waals surface area (Å²) in [6.07, 6.45) is 4.48. The number of aryl methyl sites for hydroxylation is 1. The van der Waals surface area contributed by atoms with E-state index in [9.17, 15) is 14.0 Å². The molecule has 0 amide bonds. The fourth-order valence-electron chi connectivity index (χ4n) is 1.80.